The number of carbonyl (C=O) groups excluding carboxylic acids is 1. The van der Waals surface area contributed by atoms with Crippen LogP contribution in [0.15, 0.2) is 18.2 Å². The minimum Gasteiger partial charge on any atom is -0.465 e. The van der Waals surface area contributed by atoms with E-state index >= 15 is 0 Å². The number of ether oxygens (including phenoxy) is 1. The third-order valence-corrected chi connectivity index (χ3v) is 4.47. The molecule has 0 spiro atoms. The average molecular weight is 327 g/mol. The lowest BCUT2D eigenvalue weighted by Gasteiger charge is -2.02. The SMILES string of the molecule is COC(=O)c1sc(-c2cc(Cl)cc([N+](=O)[O-])c2)c(C)c1N. The van der Waals surface area contributed by atoms with E-state index in [2.05, 4.69) is 4.74 Å². The molecule has 0 amide bonds. The molecule has 2 N–H and O–H groups in total. The number of methoxy groups -OCH3 is 1. The largest absolute Gasteiger partial charge is 0.465 e. The number of anilines is 1. The van der Waals surface area contributed by atoms with Crippen molar-refractivity contribution < 1.29 is 14.5 Å². The van der Waals surface area contributed by atoms with Gasteiger partial charge in [-0.05, 0) is 18.6 Å². The first-order valence-corrected chi connectivity index (χ1v) is 6.97. The molecule has 0 aliphatic carbocycles. The van der Waals surface area contributed by atoms with Crippen LogP contribution >= 0.6 is 22.9 Å². The van der Waals surface area contributed by atoms with Crippen LogP contribution in [0.1, 0.15) is 15.2 Å². The Morgan fingerprint density at radius 1 is 1.43 bits per heavy atom. The molecule has 110 valence electrons. The molecular weight excluding hydrogens is 316 g/mol. The minimum atomic E-state index is -0.539. The molecule has 0 bridgehead atoms. The number of nitrogen functional groups attached to an aromatic ring is 1. The molecule has 0 saturated carbocycles. The van der Waals surface area contributed by atoms with Crippen LogP contribution in [0.5, 0.6) is 0 Å². The zero-order valence-corrected chi connectivity index (χ0v) is 12.7. The number of esters is 1. The van der Waals surface area contributed by atoms with Gasteiger partial charge in [-0.3, -0.25) is 10.1 Å². The fourth-order valence-corrected chi connectivity index (χ4v) is 3.22. The summed E-state index contributed by atoms with van der Waals surface area (Å²) in [5.74, 6) is -0.539. The Morgan fingerprint density at radius 3 is 2.67 bits per heavy atom. The van der Waals surface area contributed by atoms with Crippen molar-refractivity contribution >= 4 is 40.3 Å². The van der Waals surface area contributed by atoms with E-state index in [1.54, 1.807) is 13.0 Å². The molecule has 6 nitrogen and oxygen atoms in total. The van der Waals surface area contributed by atoms with Gasteiger partial charge in [-0.15, -0.1) is 11.3 Å². The molecule has 2 rings (SSSR count). The zero-order chi connectivity index (χ0) is 15.7. The maximum absolute atomic E-state index is 11.6. The summed E-state index contributed by atoms with van der Waals surface area (Å²) in [6, 6.07) is 4.25. The number of hydrogen-bond acceptors (Lipinski definition) is 6. The van der Waals surface area contributed by atoms with Crippen molar-refractivity contribution in [3.63, 3.8) is 0 Å². The van der Waals surface area contributed by atoms with E-state index in [0.717, 1.165) is 11.3 Å². The van der Waals surface area contributed by atoms with Gasteiger partial charge in [0.25, 0.3) is 5.69 Å². The highest BCUT2D eigenvalue weighted by molar-refractivity contribution is 7.18. The van der Waals surface area contributed by atoms with E-state index in [4.69, 9.17) is 17.3 Å². The zero-order valence-electron chi connectivity index (χ0n) is 11.2. The number of non-ortho nitro benzene ring substituents is 1. The van der Waals surface area contributed by atoms with Gasteiger partial charge in [-0.25, -0.2) is 4.79 Å². The Kier molecular flexibility index (Phi) is 4.15. The Morgan fingerprint density at radius 2 is 2.10 bits per heavy atom. The van der Waals surface area contributed by atoms with Gasteiger partial charge in [-0.1, -0.05) is 11.6 Å². The quantitative estimate of drug-likeness (QED) is 0.527. The standard InChI is InChI=1S/C13H11ClN2O4S/c1-6-10(15)12(13(17)20-2)21-11(6)7-3-8(14)5-9(4-7)16(18)19/h3-5H,15H2,1-2H3. The third kappa shape index (κ3) is 2.84. The number of benzene rings is 1. The molecule has 21 heavy (non-hydrogen) atoms. The maximum atomic E-state index is 11.6. The summed E-state index contributed by atoms with van der Waals surface area (Å²) in [6.45, 7) is 1.74. The first-order valence-electron chi connectivity index (χ1n) is 5.77. The summed E-state index contributed by atoms with van der Waals surface area (Å²) in [7, 11) is 1.26. The lowest BCUT2D eigenvalue weighted by atomic mass is 10.1. The number of carbonyl (C=O) groups is 1. The summed E-state index contributed by atoms with van der Waals surface area (Å²) in [6.07, 6.45) is 0. The molecule has 0 aliphatic rings. The highest BCUT2D eigenvalue weighted by Crippen LogP contribution is 2.40. The highest BCUT2D eigenvalue weighted by atomic mass is 35.5. The molecule has 0 radical (unpaired) electrons. The van der Waals surface area contributed by atoms with Crippen LogP contribution in [-0.2, 0) is 4.74 Å². The first-order chi connectivity index (χ1) is 9.85. The van der Waals surface area contributed by atoms with Crippen molar-refractivity contribution in [2.24, 2.45) is 0 Å². The number of halogens is 1. The van der Waals surface area contributed by atoms with E-state index in [0.29, 0.717) is 21.7 Å². The van der Waals surface area contributed by atoms with Gasteiger partial charge in [0, 0.05) is 27.6 Å². The smallest absolute Gasteiger partial charge is 0.350 e. The van der Waals surface area contributed by atoms with Crippen LogP contribution in [0, 0.1) is 17.0 Å². The fraction of sp³-hybridized carbons (Fsp3) is 0.154. The summed E-state index contributed by atoms with van der Waals surface area (Å²) < 4.78 is 4.66. The van der Waals surface area contributed by atoms with E-state index in [1.807, 2.05) is 0 Å². The maximum Gasteiger partial charge on any atom is 0.350 e. The van der Waals surface area contributed by atoms with Gasteiger partial charge in [0.2, 0.25) is 0 Å². The summed E-state index contributed by atoms with van der Waals surface area (Å²) in [5.41, 5.74) is 7.29. The summed E-state index contributed by atoms with van der Waals surface area (Å²) >= 11 is 7.03. The molecule has 2 aromatic rings. The summed E-state index contributed by atoms with van der Waals surface area (Å²) in [4.78, 5) is 22.9. The predicted molar refractivity (Wildman–Crippen MR) is 81.9 cm³/mol. The normalized spacial score (nSPS) is 10.4. The summed E-state index contributed by atoms with van der Waals surface area (Å²) in [5, 5.41) is 11.1. The molecule has 0 atom stereocenters. The number of nitrogens with zero attached hydrogens (tertiary/aromatic N) is 1. The molecule has 1 heterocycles. The van der Waals surface area contributed by atoms with E-state index in [-0.39, 0.29) is 15.6 Å². The molecule has 0 fully saturated rings. The number of hydrogen-bond donors (Lipinski definition) is 1. The van der Waals surface area contributed by atoms with E-state index < -0.39 is 10.9 Å². The van der Waals surface area contributed by atoms with Crippen molar-refractivity contribution in [1.29, 1.82) is 0 Å². The van der Waals surface area contributed by atoms with Crippen LogP contribution < -0.4 is 5.73 Å². The first kappa shape index (κ1) is 15.3. The lowest BCUT2D eigenvalue weighted by Crippen LogP contribution is -2.01. The molecular formula is C13H11ClN2O4S. The Balaban J connectivity index is 2.62. The number of thiophene rings is 1. The van der Waals surface area contributed by atoms with Crippen molar-refractivity contribution in [2.45, 2.75) is 6.92 Å². The van der Waals surface area contributed by atoms with Gasteiger partial charge in [-0.2, -0.15) is 0 Å². The minimum absolute atomic E-state index is 0.122. The second-order valence-corrected chi connectivity index (χ2v) is 5.70. The number of nitro benzene ring substituents is 1. The number of nitro groups is 1. The van der Waals surface area contributed by atoms with Crippen molar-refractivity contribution in [2.75, 3.05) is 12.8 Å². The Labute approximate surface area is 129 Å². The number of nitrogens with two attached hydrogens (primary N) is 1. The second kappa shape index (κ2) is 5.71. The van der Waals surface area contributed by atoms with Gasteiger partial charge in [0.15, 0.2) is 0 Å². The van der Waals surface area contributed by atoms with Gasteiger partial charge < -0.3 is 10.5 Å². The van der Waals surface area contributed by atoms with Gasteiger partial charge in [0.1, 0.15) is 4.88 Å². The van der Waals surface area contributed by atoms with E-state index in [1.165, 1.54) is 19.2 Å². The van der Waals surface area contributed by atoms with Crippen LogP contribution in [0.4, 0.5) is 11.4 Å². The van der Waals surface area contributed by atoms with Gasteiger partial charge >= 0.3 is 5.97 Å². The van der Waals surface area contributed by atoms with Crippen LogP contribution in [-0.4, -0.2) is 18.0 Å². The van der Waals surface area contributed by atoms with Crippen LogP contribution in [0.2, 0.25) is 5.02 Å². The highest BCUT2D eigenvalue weighted by Gasteiger charge is 2.21. The van der Waals surface area contributed by atoms with Gasteiger partial charge in [0.05, 0.1) is 17.7 Å². The van der Waals surface area contributed by atoms with E-state index in [9.17, 15) is 14.9 Å². The monoisotopic (exact) mass is 326 g/mol. The topological polar surface area (TPSA) is 95.5 Å². The average Bonchev–Trinajstić information content (AvgIpc) is 2.74. The molecule has 0 saturated heterocycles. The van der Waals surface area contributed by atoms with Crippen molar-refractivity contribution in [3.05, 3.63) is 43.8 Å². The van der Waals surface area contributed by atoms with Crippen molar-refractivity contribution in [3.8, 4) is 10.4 Å². The Hall–Kier alpha value is -2.12. The molecule has 1 aromatic carbocycles. The second-order valence-electron chi connectivity index (χ2n) is 4.25. The third-order valence-electron chi connectivity index (χ3n) is 2.92. The lowest BCUT2D eigenvalue weighted by molar-refractivity contribution is -0.384. The fourth-order valence-electron chi connectivity index (χ4n) is 1.86. The molecule has 0 unspecified atom stereocenters. The van der Waals surface area contributed by atoms with Crippen LogP contribution in [0.3, 0.4) is 0 Å². The van der Waals surface area contributed by atoms with Crippen molar-refractivity contribution in [1.82, 2.24) is 0 Å². The molecule has 8 heteroatoms. The number of rotatable bonds is 3. The molecule has 0 aliphatic heterocycles. The predicted octanol–water partition coefficient (Wildman–Crippen LogP) is 3.65. The Bertz CT molecular complexity index is 742. The molecule has 1 aromatic heterocycles. The van der Waals surface area contributed by atoms with Crippen LogP contribution in [0.25, 0.3) is 10.4 Å².